The second-order valence-electron chi connectivity index (χ2n) is 3.87. The monoisotopic (exact) mass is 228 g/mol. The van der Waals surface area contributed by atoms with Gasteiger partial charge in [-0.1, -0.05) is 19.4 Å². The summed E-state index contributed by atoms with van der Waals surface area (Å²) in [5.41, 5.74) is 5.84. The standard InChI is InChI=1S/C12H24N2O2/c1-4-6-11(13)10-12(15)14(7-5-2)8-9-16-3/h5,11H,2,4,6-10,13H2,1,3H3. The molecule has 0 aromatic rings. The molecule has 0 saturated carbocycles. The van der Waals surface area contributed by atoms with Gasteiger partial charge in [0.05, 0.1) is 6.61 Å². The lowest BCUT2D eigenvalue weighted by Gasteiger charge is -2.22. The highest BCUT2D eigenvalue weighted by atomic mass is 16.5. The predicted octanol–water partition coefficient (Wildman–Crippen LogP) is 1.16. The lowest BCUT2D eigenvalue weighted by atomic mass is 10.1. The highest BCUT2D eigenvalue weighted by Crippen LogP contribution is 2.03. The first-order valence-corrected chi connectivity index (χ1v) is 5.78. The molecule has 0 saturated heterocycles. The summed E-state index contributed by atoms with van der Waals surface area (Å²) >= 11 is 0. The predicted molar refractivity (Wildman–Crippen MR) is 66.2 cm³/mol. The van der Waals surface area contributed by atoms with E-state index in [2.05, 4.69) is 13.5 Å². The number of hydrogen-bond acceptors (Lipinski definition) is 3. The van der Waals surface area contributed by atoms with Gasteiger partial charge in [-0.2, -0.15) is 0 Å². The summed E-state index contributed by atoms with van der Waals surface area (Å²) in [6.45, 7) is 7.40. The number of hydrogen-bond donors (Lipinski definition) is 1. The van der Waals surface area contributed by atoms with Crippen molar-refractivity contribution in [2.45, 2.75) is 32.2 Å². The molecule has 0 fully saturated rings. The number of carbonyl (C=O) groups excluding carboxylic acids is 1. The van der Waals surface area contributed by atoms with Crippen LogP contribution in [0.2, 0.25) is 0 Å². The fraction of sp³-hybridized carbons (Fsp3) is 0.750. The lowest BCUT2D eigenvalue weighted by Crippen LogP contribution is -2.37. The average molecular weight is 228 g/mol. The molecule has 94 valence electrons. The van der Waals surface area contributed by atoms with Crippen LogP contribution in [0.15, 0.2) is 12.7 Å². The Kier molecular flexibility index (Phi) is 8.85. The Morgan fingerprint density at radius 1 is 1.62 bits per heavy atom. The van der Waals surface area contributed by atoms with Crippen molar-refractivity contribution in [3.05, 3.63) is 12.7 Å². The molecule has 0 rings (SSSR count). The maximum Gasteiger partial charge on any atom is 0.224 e. The normalized spacial score (nSPS) is 12.2. The molecule has 0 radical (unpaired) electrons. The van der Waals surface area contributed by atoms with Gasteiger partial charge >= 0.3 is 0 Å². The van der Waals surface area contributed by atoms with E-state index in [1.807, 2.05) is 0 Å². The maximum atomic E-state index is 11.9. The Balaban J connectivity index is 4.09. The van der Waals surface area contributed by atoms with Crippen LogP contribution in [0.25, 0.3) is 0 Å². The van der Waals surface area contributed by atoms with Crippen LogP contribution in [0.3, 0.4) is 0 Å². The van der Waals surface area contributed by atoms with Gasteiger partial charge < -0.3 is 15.4 Å². The van der Waals surface area contributed by atoms with Gasteiger partial charge in [-0.3, -0.25) is 4.79 Å². The van der Waals surface area contributed by atoms with Gasteiger partial charge in [0.25, 0.3) is 0 Å². The zero-order chi connectivity index (χ0) is 12.4. The Bertz CT molecular complexity index is 207. The topological polar surface area (TPSA) is 55.6 Å². The average Bonchev–Trinajstić information content (AvgIpc) is 2.24. The first-order valence-electron chi connectivity index (χ1n) is 5.78. The van der Waals surface area contributed by atoms with Crippen molar-refractivity contribution < 1.29 is 9.53 Å². The van der Waals surface area contributed by atoms with Crippen LogP contribution in [0, 0.1) is 0 Å². The molecule has 0 aliphatic heterocycles. The van der Waals surface area contributed by atoms with Crippen molar-refractivity contribution in [3.63, 3.8) is 0 Å². The molecule has 0 bridgehead atoms. The number of methoxy groups -OCH3 is 1. The van der Waals surface area contributed by atoms with Gasteiger partial charge in [0.2, 0.25) is 5.91 Å². The molecule has 0 aliphatic carbocycles. The quantitative estimate of drug-likeness (QED) is 0.603. The summed E-state index contributed by atoms with van der Waals surface area (Å²) in [5.74, 6) is 0.0814. The Hall–Kier alpha value is -0.870. The van der Waals surface area contributed by atoms with Gasteiger partial charge in [-0.25, -0.2) is 0 Å². The van der Waals surface area contributed by atoms with Crippen molar-refractivity contribution in [1.29, 1.82) is 0 Å². The molecule has 1 amide bonds. The van der Waals surface area contributed by atoms with E-state index in [-0.39, 0.29) is 11.9 Å². The molecule has 4 heteroatoms. The zero-order valence-corrected chi connectivity index (χ0v) is 10.4. The first-order chi connectivity index (χ1) is 7.65. The molecule has 1 atom stereocenters. The van der Waals surface area contributed by atoms with Crippen molar-refractivity contribution >= 4 is 5.91 Å². The summed E-state index contributed by atoms with van der Waals surface area (Å²) < 4.78 is 4.96. The smallest absolute Gasteiger partial charge is 0.224 e. The summed E-state index contributed by atoms with van der Waals surface area (Å²) in [7, 11) is 1.62. The Morgan fingerprint density at radius 2 is 2.31 bits per heavy atom. The number of ether oxygens (including phenoxy) is 1. The van der Waals surface area contributed by atoms with Crippen molar-refractivity contribution in [2.75, 3.05) is 26.8 Å². The zero-order valence-electron chi connectivity index (χ0n) is 10.4. The van der Waals surface area contributed by atoms with Crippen LogP contribution in [-0.2, 0) is 9.53 Å². The van der Waals surface area contributed by atoms with E-state index < -0.39 is 0 Å². The van der Waals surface area contributed by atoms with Crippen LogP contribution >= 0.6 is 0 Å². The van der Waals surface area contributed by atoms with E-state index in [1.54, 1.807) is 18.1 Å². The summed E-state index contributed by atoms with van der Waals surface area (Å²) in [6.07, 6.45) is 4.02. The molecule has 0 aromatic carbocycles. The Labute approximate surface area is 98.4 Å². The van der Waals surface area contributed by atoms with Crippen molar-refractivity contribution in [2.24, 2.45) is 5.73 Å². The van der Waals surface area contributed by atoms with E-state index in [4.69, 9.17) is 10.5 Å². The SMILES string of the molecule is C=CCN(CCOC)C(=O)CC(N)CCC. The number of carbonyl (C=O) groups is 1. The molecule has 1 unspecified atom stereocenters. The molecule has 0 aromatic heterocycles. The fourth-order valence-electron chi connectivity index (χ4n) is 1.50. The fourth-order valence-corrected chi connectivity index (χ4v) is 1.50. The molecule has 0 aliphatic rings. The van der Waals surface area contributed by atoms with E-state index in [1.165, 1.54) is 0 Å². The summed E-state index contributed by atoms with van der Waals surface area (Å²) in [6, 6.07) is -0.0349. The van der Waals surface area contributed by atoms with Crippen LogP contribution < -0.4 is 5.73 Å². The largest absolute Gasteiger partial charge is 0.383 e. The third-order valence-electron chi connectivity index (χ3n) is 2.36. The van der Waals surface area contributed by atoms with Gasteiger partial charge in [-0.05, 0) is 6.42 Å². The third kappa shape index (κ3) is 6.58. The van der Waals surface area contributed by atoms with Gasteiger partial charge in [0.1, 0.15) is 0 Å². The maximum absolute atomic E-state index is 11.9. The van der Waals surface area contributed by atoms with Gasteiger partial charge in [0.15, 0.2) is 0 Å². The molecule has 0 spiro atoms. The van der Waals surface area contributed by atoms with Crippen LogP contribution in [0.4, 0.5) is 0 Å². The number of rotatable bonds is 9. The minimum absolute atomic E-state index is 0.0349. The second kappa shape index (κ2) is 9.36. The highest BCUT2D eigenvalue weighted by molar-refractivity contribution is 5.77. The van der Waals surface area contributed by atoms with Crippen molar-refractivity contribution in [1.82, 2.24) is 4.90 Å². The highest BCUT2D eigenvalue weighted by Gasteiger charge is 2.15. The van der Waals surface area contributed by atoms with Crippen LogP contribution in [-0.4, -0.2) is 43.7 Å². The van der Waals surface area contributed by atoms with E-state index in [9.17, 15) is 4.79 Å². The van der Waals surface area contributed by atoms with E-state index in [0.717, 1.165) is 12.8 Å². The van der Waals surface area contributed by atoms with E-state index >= 15 is 0 Å². The molecular weight excluding hydrogens is 204 g/mol. The minimum Gasteiger partial charge on any atom is -0.383 e. The number of amides is 1. The first kappa shape index (κ1) is 15.1. The molecule has 16 heavy (non-hydrogen) atoms. The van der Waals surface area contributed by atoms with Gasteiger partial charge in [0, 0.05) is 32.7 Å². The number of nitrogens with zero attached hydrogens (tertiary/aromatic N) is 1. The Morgan fingerprint density at radius 3 is 2.81 bits per heavy atom. The molecule has 0 heterocycles. The molecular formula is C12H24N2O2. The van der Waals surface area contributed by atoms with Crippen molar-refractivity contribution in [3.8, 4) is 0 Å². The number of nitrogens with two attached hydrogens (primary N) is 1. The third-order valence-corrected chi connectivity index (χ3v) is 2.36. The molecule has 2 N–H and O–H groups in total. The van der Waals surface area contributed by atoms with Crippen LogP contribution in [0.5, 0.6) is 0 Å². The van der Waals surface area contributed by atoms with Gasteiger partial charge in [-0.15, -0.1) is 6.58 Å². The lowest BCUT2D eigenvalue weighted by molar-refractivity contribution is -0.131. The minimum atomic E-state index is -0.0349. The molecule has 4 nitrogen and oxygen atoms in total. The summed E-state index contributed by atoms with van der Waals surface area (Å²) in [5, 5.41) is 0. The second-order valence-corrected chi connectivity index (χ2v) is 3.87. The van der Waals surface area contributed by atoms with Crippen LogP contribution in [0.1, 0.15) is 26.2 Å². The van der Waals surface area contributed by atoms with E-state index in [0.29, 0.717) is 26.1 Å². The summed E-state index contributed by atoms with van der Waals surface area (Å²) in [4.78, 5) is 13.6.